The SMILES string of the molecule is C[C@@H](Cn1ncc2ccccc21)C(=O)O. The molecule has 0 radical (unpaired) electrons. The molecule has 1 aromatic heterocycles. The molecule has 1 atom stereocenters. The van der Waals surface area contributed by atoms with Crippen molar-refractivity contribution in [2.75, 3.05) is 0 Å². The molecule has 2 aromatic rings. The number of hydrogen-bond donors (Lipinski definition) is 1. The van der Waals surface area contributed by atoms with Crippen molar-refractivity contribution in [3.63, 3.8) is 0 Å². The predicted molar refractivity (Wildman–Crippen MR) is 56.5 cm³/mol. The Balaban J connectivity index is 2.32. The summed E-state index contributed by atoms with van der Waals surface area (Å²) in [4.78, 5) is 10.7. The molecule has 2 rings (SSSR count). The minimum absolute atomic E-state index is 0.406. The molecule has 4 nitrogen and oxygen atoms in total. The lowest BCUT2D eigenvalue weighted by Gasteiger charge is -2.07. The summed E-state index contributed by atoms with van der Waals surface area (Å²) in [7, 11) is 0. The molecule has 4 heteroatoms. The van der Waals surface area contributed by atoms with Crippen LogP contribution < -0.4 is 0 Å². The van der Waals surface area contributed by atoms with E-state index in [0.717, 1.165) is 10.9 Å². The Hall–Kier alpha value is -1.84. The van der Waals surface area contributed by atoms with Crippen molar-refractivity contribution in [3.05, 3.63) is 30.5 Å². The molecule has 1 heterocycles. The van der Waals surface area contributed by atoms with Gasteiger partial charge in [-0.2, -0.15) is 5.10 Å². The summed E-state index contributed by atoms with van der Waals surface area (Å²) in [5, 5.41) is 14.0. The van der Waals surface area contributed by atoms with Crippen molar-refractivity contribution >= 4 is 16.9 Å². The highest BCUT2D eigenvalue weighted by Gasteiger charge is 2.13. The second-order valence-electron chi connectivity index (χ2n) is 3.62. The van der Waals surface area contributed by atoms with Crippen molar-refractivity contribution < 1.29 is 9.90 Å². The fourth-order valence-electron chi connectivity index (χ4n) is 1.51. The zero-order valence-electron chi connectivity index (χ0n) is 8.42. The summed E-state index contributed by atoms with van der Waals surface area (Å²) in [6.45, 7) is 2.08. The van der Waals surface area contributed by atoms with Gasteiger partial charge >= 0.3 is 5.97 Å². The molecule has 1 N–H and O–H groups in total. The number of carboxylic acid groups (broad SMARTS) is 1. The number of aliphatic carboxylic acids is 1. The van der Waals surface area contributed by atoms with Crippen molar-refractivity contribution in [3.8, 4) is 0 Å². The molecule has 0 aliphatic heterocycles. The minimum Gasteiger partial charge on any atom is -0.481 e. The Labute approximate surface area is 87.1 Å². The van der Waals surface area contributed by atoms with Gasteiger partial charge in [-0.25, -0.2) is 0 Å². The van der Waals surface area contributed by atoms with Gasteiger partial charge in [-0.05, 0) is 6.07 Å². The third-order valence-electron chi connectivity index (χ3n) is 2.42. The van der Waals surface area contributed by atoms with Gasteiger partial charge in [0.05, 0.1) is 24.2 Å². The molecule has 0 spiro atoms. The van der Waals surface area contributed by atoms with Crippen LogP contribution >= 0.6 is 0 Å². The Morgan fingerprint density at radius 3 is 3.00 bits per heavy atom. The van der Waals surface area contributed by atoms with E-state index in [1.165, 1.54) is 0 Å². The number of nitrogens with zero attached hydrogens (tertiary/aromatic N) is 2. The van der Waals surface area contributed by atoms with Crippen LogP contribution in [0, 0.1) is 5.92 Å². The number of carboxylic acids is 1. The number of hydrogen-bond acceptors (Lipinski definition) is 2. The van der Waals surface area contributed by atoms with Gasteiger partial charge in [-0.15, -0.1) is 0 Å². The Morgan fingerprint density at radius 1 is 1.53 bits per heavy atom. The lowest BCUT2D eigenvalue weighted by Crippen LogP contribution is -2.17. The fourth-order valence-corrected chi connectivity index (χ4v) is 1.51. The summed E-state index contributed by atoms with van der Waals surface area (Å²) >= 11 is 0. The number of para-hydroxylation sites is 1. The van der Waals surface area contributed by atoms with Crippen LogP contribution in [0.2, 0.25) is 0 Å². The summed E-state index contributed by atoms with van der Waals surface area (Å²) in [5.74, 6) is -1.22. The third kappa shape index (κ3) is 1.83. The van der Waals surface area contributed by atoms with Crippen LogP contribution in [-0.4, -0.2) is 20.9 Å². The van der Waals surface area contributed by atoms with Gasteiger partial charge in [0.15, 0.2) is 0 Å². The number of benzene rings is 1. The van der Waals surface area contributed by atoms with Crippen LogP contribution in [-0.2, 0) is 11.3 Å². The highest BCUT2D eigenvalue weighted by molar-refractivity contribution is 5.78. The fraction of sp³-hybridized carbons (Fsp3) is 0.273. The topological polar surface area (TPSA) is 55.1 Å². The van der Waals surface area contributed by atoms with Crippen molar-refractivity contribution in [2.45, 2.75) is 13.5 Å². The van der Waals surface area contributed by atoms with Gasteiger partial charge in [0.1, 0.15) is 0 Å². The minimum atomic E-state index is -0.797. The van der Waals surface area contributed by atoms with Gasteiger partial charge < -0.3 is 5.11 Å². The van der Waals surface area contributed by atoms with Gasteiger partial charge in [0.25, 0.3) is 0 Å². The molecule has 0 aliphatic carbocycles. The summed E-state index contributed by atoms with van der Waals surface area (Å²) in [5.41, 5.74) is 0.977. The normalized spacial score (nSPS) is 12.9. The summed E-state index contributed by atoms with van der Waals surface area (Å²) < 4.78 is 1.73. The first kappa shape index (κ1) is 9.71. The molecule has 0 bridgehead atoms. The van der Waals surface area contributed by atoms with Crippen LogP contribution in [0.1, 0.15) is 6.92 Å². The smallest absolute Gasteiger partial charge is 0.308 e. The Kier molecular flexibility index (Phi) is 2.41. The van der Waals surface area contributed by atoms with Gasteiger partial charge in [-0.1, -0.05) is 25.1 Å². The van der Waals surface area contributed by atoms with E-state index in [1.54, 1.807) is 17.8 Å². The van der Waals surface area contributed by atoms with Crippen LogP contribution in [0.25, 0.3) is 10.9 Å². The van der Waals surface area contributed by atoms with E-state index in [-0.39, 0.29) is 0 Å². The van der Waals surface area contributed by atoms with E-state index in [9.17, 15) is 4.79 Å². The van der Waals surface area contributed by atoms with E-state index < -0.39 is 11.9 Å². The lowest BCUT2D eigenvalue weighted by molar-refractivity contribution is -0.141. The maximum Gasteiger partial charge on any atom is 0.308 e. The van der Waals surface area contributed by atoms with Crippen LogP contribution in [0.15, 0.2) is 30.5 Å². The van der Waals surface area contributed by atoms with E-state index in [0.29, 0.717) is 6.54 Å². The molecule has 15 heavy (non-hydrogen) atoms. The first-order chi connectivity index (χ1) is 7.18. The van der Waals surface area contributed by atoms with E-state index >= 15 is 0 Å². The first-order valence-electron chi connectivity index (χ1n) is 4.82. The highest BCUT2D eigenvalue weighted by atomic mass is 16.4. The molecule has 1 aromatic carbocycles. The second kappa shape index (κ2) is 3.73. The largest absolute Gasteiger partial charge is 0.481 e. The van der Waals surface area contributed by atoms with Crippen molar-refractivity contribution in [2.24, 2.45) is 5.92 Å². The highest BCUT2D eigenvalue weighted by Crippen LogP contribution is 2.14. The zero-order chi connectivity index (χ0) is 10.8. The zero-order valence-corrected chi connectivity index (χ0v) is 8.42. The van der Waals surface area contributed by atoms with E-state index in [1.807, 2.05) is 24.3 Å². The Morgan fingerprint density at radius 2 is 2.27 bits per heavy atom. The molecule has 0 fully saturated rings. The molecule has 78 valence electrons. The van der Waals surface area contributed by atoms with E-state index in [4.69, 9.17) is 5.11 Å². The number of aromatic nitrogens is 2. The molecular formula is C11H12N2O2. The summed E-state index contributed by atoms with van der Waals surface area (Å²) in [6.07, 6.45) is 1.75. The average molecular weight is 204 g/mol. The molecule has 0 saturated carbocycles. The first-order valence-corrected chi connectivity index (χ1v) is 4.82. The molecule has 0 unspecified atom stereocenters. The van der Waals surface area contributed by atoms with Gasteiger partial charge in [-0.3, -0.25) is 9.48 Å². The number of rotatable bonds is 3. The van der Waals surface area contributed by atoms with Gasteiger partial charge in [0.2, 0.25) is 0 Å². The monoisotopic (exact) mass is 204 g/mol. The van der Waals surface area contributed by atoms with E-state index in [2.05, 4.69) is 5.10 Å². The maximum atomic E-state index is 10.7. The molecule has 0 amide bonds. The van der Waals surface area contributed by atoms with Crippen molar-refractivity contribution in [1.29, 1.82) is 0 Å². The maximum absolute atomic E-state index is 10.7. The van der Waals surface area contributed by atoms with Crippen LogP contribution in [0.4, 0.5) is 0 Å². The van der Waals surface area contributed by atoms with Crippen LogP contribution in [0.5, 0.6) is 0 Å². The molecule has 0 aliphatic rings. The molecular weight excluding hydrogens is 192 g/mol. The van der Waals surface area contributed by atoms with Gasteiger partial charge in [0, 0.05) is 5.39 Å². The second-order valence-corrected chi connectivity index (χ2v) is 3.62. The van der Waals surface area contributed by atoms with Crippen molar-refractivity contribution in [1.82, 2.24) is 9.78 Å². The standard InChI is InChI=1S/C11H12N2O2/c1-8(11(14)15)7-13-10-5-3-2-4-9(10)6-12-13/h2-6,8H,7H2,1H3,(H,14,15)/t8-/m0/s1. The third-order valence-corrected chi connectivity index (χ3v) is 2.42. The summed E-state index contributed by atoms with van der Waals surface area (Å²) in [6, 6.07) is 7.77. The Bertz CT molecular complexity index is 490. The number of carbonyl (C=O) groups is 1. The number of fused-ring (bicyclic) bond motifs is 1. The van der Waals surface area contributed by atoms with Crippen LogP contribution in [0.3, 0.4) is 0 Å². The average Bonchev–Trinajstić information content (AvgIpc) is 2.62. The quantitative estimate of drug-likeness (QED) is 0.828. The lowest BCUT2D eigenvalue weighted by atomic mass is 10.2. The molecule has 0 saturated heterocycles. The predicted octanol–water partition coefficient (Wildman–Crippen LogP) is 1.76.